The number of nitrogens with zero attached hydrogens (tertiary/aromatic N) is 1. The maximum atomic E-state index is 12.1. The summed E-state index contributed by atoms with van der Waals surface area (Å²) in [6.45, 7) is 3.61. The van der Waals surface area contributed by atoms with Crippen LogP contribution in [0.3, 0.4) is 0 Å². The van der Waals surface area contributed by atoms with Crippen LogP contribution in [0.15, 0.2) is 0 Å². The minimum absolute atomic E-state index is 0.325. The van der Waals surface area contributed by atoms with E-state index in [0.717, 1.165) is 25.6 Å². The summed E-state index contributed by atoms with van der Waals surface area (Å²) in [6, 6.07) is 0. The van der Waals surface area contributed by atoms with E-state index in [4.69, 9.17) is 0 Å². The fourth-order valence-corrected chi connectivity index (χ4v) is 3.85. The zero-order chi connectivity index (χ0) is 13.1. The molecule has 3 heteroatoms. The first-order valence-corrected chi connectivity index (χ1v) is 8.26. The number of nitrogens with one attached hydrogen (secondary N) is 1. The predicted molar refractivity (Wildman–Crippen MR) is 76.9 cm³/mol. The summed E-state index contributed by atoms with van der Waals surface area (Å²) in [6.07, 6.45) is 12.3. The molecule has 1 amide bonds. The van der Waals surface area contributed by atoms with Crippen LogP contribution in [0.1, 0.15) is 57.8 Å². The Morgan fingerprint density at radius 1 is 1.05 bits per heavy atom. The van der Waals surface area contributed by atoms with Gasteiger partial charge in [0.2, 0.25) is 5.91 Å². The van der Waals surface area contributed by atoms with Gasteiger partial charge in [0.15, 0.2) is 0 Å². The maximum absolute atomic E-state index is 12.1. The molecular formula is C16H28N2O. The van der Waals surface area contributed by atoms with Crippen molar-refractivity contribution in [2.24, 2.45) is 11.3 Å². The van der Waals surface area contributed by atoms with Gasteiger partial charge in [-0.05, 0) is 56.4 Å². The topological polar surface area (TPSA) is 32.3 Å². The van der Waals surface area contributed by atoms with Gasteiger partial charge in [-0.3, -0.25) is 4.79 Å². The van der Waals surface area contributed by atoms with Gasteiger partial charge in [-0.2, -0.15) is 0 Å². The highest BCUT2D eigenvalue weighted by Gasteiger charge is 2.36. The Bertz CT molecular complexity index is 309. The molecular weight excluding hydrogens is 236 g/mol. The van der Waals surface area contributed by atoms with Crippen LogP contribution in [0.5, 0.6) is 0 Å². The van der Waals surface area contributed by atoms with Gasteiger partial charge < -0.3 is 10.2 Å². The van der Waals surface area contributed by atoms with E-state index in [1.54, 1.807) is 0 Å². The molecule has 3 aliphatic rings. The largest absolute Gasteiger partial charge is 0.342 e. The number of carbonyl (C=O) groups excluding carboxylic acids is 1. The molecule has 2 saturated carbocycles. The van der Waals surface area contributed by atoms with Crippen LogP contribution in [0.4, 0.5) is 0 Å². The number of carbonyl (C=O) groups is 1. The van der Waals surface area contributed by atoms with Crippen molar-refractivity contribution < 1.29 is 4.79 Å². The van der Waals surface area contributed by atoms with Crippen molar-refractivity contribution in [1.29, 1.82) is 0 Å². The van der Waals surface area contributed by atoms with E-state index in [9.17, 15) is 4.79 Å². The number of hydrogen-bond acceptors (Lipinski definition) is 2. The maximum Gasteiger partial charge on any atom is 0.236 e. The third-order valence-corrected chi connectivity index (χ3v) is 5.50. The Hall–Kier alpha value is -0.570. The molecule has 1 aliphatic heterocycles. The Labute approximate surface area is 117 Å². The summed E-state index contributed by atoms with van der Waals surface area (Å²) in [5.41, 5.74) is 0.608. The van der Waals surface area contributed by atoms with E-state index in [1.807, 2.05) is 0 Å². The van der Waals surface area contributed by atoms with Crippen LogP contribution in [-0.4, -0.2) is 37.0 Å². The molecule has 19 heavy (non-hydrogen) atoms. The second-order valence-electron chi connectivity index (χ2n) is 7.02. The molecule has 3 rings (SSSR count). The molecule has 0 radical (unpaired) electrons. The lowest BCUT2D eigenvalue weighted by Gasteiger charge is -2.44. The number of piperidine rings is 1. The number of rotatable bonds is 4. The minimum atomic E-state index is 0.325. The molecule has 0 unspecified atom stereocenters. The highest BCUT2D eigenvalue weighted by Crippen LogP contribution is 2.44. The fourth-order valence-electron chi connectivity index (χ4n) is 3.85. The average molecular weight is 264 g/mol. The van der Waals surface area contributed by atoms with Gasteiger partial charge in [-0.25, -0.2) is 0 Å². The molecule has 0 aromatic heterocycles. The monoisotopic (exact) mass is 264 g/mol. The smallest absolute Gasteiger partial charge is 0.236 e. The third-order valence-electron chi connectivity index (χ3n) is 5.50. The van der Waals surface area contributed by atoms with Crippen LogP contribution >= 0.6 is 0 Å². The van der Waals surface area contributed by atoms with Crippen molar-refractivity contribution in [1.82, 2.24) is 10.2 Å². The minimum Gasteiger partial charge on any atom is -0.342 e. The SMILES string of the molecule is O=C(CNCC1CC1)N1CCC2(CCCCC2)CC1. The molecule has 1 heterocycles. The fraction of sp³-hybridized carbons (Fsp3) is 0.938. The first-order valence-electron chi connectivity index (χ1n) is 8.26. The second-order valence-corrected chi connectivity index (χ2v) is 7.02. The van der Waals surface area contributed by atoms with E-state index in [-0.39, 0.29) is 0 Å². The Morgan fingerprint density at radius 2 is 1.74 bits per heavy atom. The lowest BCUT2D eigenvalue weighted by Crippen LogP contribution is -2.46. The van der Waals surface area contributed by atoms with Crippen molar-refractivity contribution in [2.45, 2.75) is 57.8 Å². The highest BCUT2D eigenvalue weighted by molar-refractivity contribution is 5.78. The van der Waals surface area contributed by atoms with E-state index in [0.29, 0.717) is 17.9 Å². The van der Waals surface area contributed by atoms with E-state index in [1.165, 1.54) is 57.8 Å². The Morgan fingerprint density at radius 3 is 2.37 bits per heavy atom. The summed E-state index contributed by atoms with van der Waals surface area (Å²) in [7, 11) is 0. The summed E-state index contributed by atoms with van der Waals surface area (Å²) >= 11 is 0. The molecule has 0 aromatic carbocycles. The second kappa shape index (κ2) is 5.82. The molecule has 108 valence electrons. The zero-order valence-electron chi connectivity index (χ0n) is 12.1. The van der Waals surface area contributed by atoms with Crippen LogP contribution in [-0.2, 0) is 4.79 Å². The molecule has 1 spiro atoms. The Balaban J connectivity index is 1.39. The third kappa shape index (κ3) is 3.50. The highest BCUT2D eigenvalue weighted by atomic mass is 16.2. The van der Waals surface area contributed by atoms with Crippen molar-refractivity contribution in [3.63, 3.8) is 0 Å². The molecule has 2 aliphatic carbocycles. The molecule has 0 bridgehead atoms. The number of amides is 1. The van der Waals surface area contributed by atoms with Crippen molar-refractivity contribution in [2.75, 3.05) is 26.2 Å². The molecule has 0 aromatic rings. The number of hydrogen-bond donors (Lipinski definition) is 1. The molecule has 1 N–H and O–H groups in total. The van der Waals surface area contributed by atoms with Crippen molar-refractivity contribution in [3.8, 4) is 0 Å². The summed E-state index contributed by atoms with van der Waals surface area (Å²) in [5, 5.41) is 3.32. The average Bonchev–Trinajstić information content (AvgIpc) is 3.24. The van der Waals surface area contributed by atoms with Gasteiger partial charge >= 0.3 is 0 Å². The Kier molecular flexibility index (Phi) is 4.11. The van der Waals surface area contributed by atoms with E-state index in [2.05, 4.69) is 10.2 Å². The van der Waals surface area contributed by atoms with Gasteiger partial charge in [-0.1, -0.05) is 19.3 Å². The van der Waals surface area contributed by atoms with Crippen LogP contribution in [0.25, 0.3) is 0 Å². The van der Waals surface area contributed by atoms with E-state index >= 15 is 0 Å². The van der Waals surface area contributed by atoms with Gasteiger partial charge in [-0.15, -0.1) is 0 Å². The van der Waals surface area contributed by atoms with Crippen LogP contribution in [0.2, 0.25) is 0 Å². The summed E-state index contributed by atoms with van der Waals surface area (Å²) < 4.78 is 0. The molecule has 3 fully saturated rings. The van der Waals surface area contributed by atoms with Crippen LogP contribution < -0.4 is 5.32 Å². The number of likely N-dealkylation sites (tertiary alicyclic amines) is 1. The lowest BCUT2D eigenvalue weighted by molar-refractivity contribution is -0.132. The zero-order valence-corrected chi connectivity index (χ0v) is 12.1. The molecule has 1 saturated heterocycles. The van der Waals surface area contributed by atoms with Gasteiger partial charge in [0.1, 0.15) is 0 Å². The molecule has 0 atom stereocenters. The van der Waals surface area contributed by atoms with Crippen molar-refractivity contribution >= 4 is 5.91 Å². The first kappa shape index (κ1) is 13.4. The van der Waals surface area contributed by atoms with Gasteiger partial charge in [0.05, 0.1) is 6.54 Å². The van der Waals surface area contributed by atoms with Gasteiger partial charge in [0, 0.05) is 13.1 Å². The quantitative estimate of drug-likeness (QED) is 0.846. The lowest BCUT2D eigenvalue weighted by atomic mass is 9.68. The van der Waals surface area contributed by atoms with E-state index < -0.39 is 0 Å². The molecule has 3 nitrogen and oxygen atoms in total. The predicted octanol–water partition coefficient (Wildman–Crippen LogP) is 2.56. The summed E-state index contributed by atoms with van der Waals surface area (Å²) in [4.78, 5) is 14.2. The standard InChI is InChI=1S/C16H28N2O/c19-15(13-17-12-14-4-5-14)18-10-8-16(9-11-18)6-2-1-3-7-16/h14,17H,1-13H2. The first-order chi connectivity index (χ1) is 9.27. The van der Waals surface area contributed by atoms with Gasteiger partial charge in [0.25, 0.3) is 0 Å². The summed E-state index contributed by atoms with van der Waals surface area (Å²) in [5.74, 6) is 1.19. The van der Waals surface area contributed by atoms with Crippen molar-refractivity contribution in [3.05, 3.63) is 0 Å². The van der Waals surface area contributed by atoms with Crippen LogP contribution in [0, 0.1) is 11.3 Å². The normalized spacial score (nSPS) is 26.6.